The number of ether oxygens (including phenoxy) is 2. The van der Waals surface area contributed by atoms with Crippen molar-refractivity contribution in [1.82, 2.24) is 14.8 Å². The number of H-pyrrole nitrogens is 1. The van der Waals surface area contributed by atoms with Crippen molar-refractivity contribution in [3.8, 4) is 17.2 Å². The Hall–Kier alpha value is -2.60. The molecule has 5 nitrogen and oxygen atoms in total. The molecular weight excluding hydrogens is 310 g/mol. The van der Waals surface area contributed by atoms with Crippen LogP contribution in [-0.2, 0) is 6.42 Å². The number of methoxy groups -OCH3 is 2. The van der Waals surface area contributed by atoms with Gasteiger partial charge in [0.2, 0.25) is 0 Å². The minimum Gasteiger partial charge on any atom is -0.493 e. The Balaban J connectivity index is 2.05. The molecule has 0 bridgehead atoms. The van der Waals surface area contributed by atoms with Crippen LogP contribution in [0.15, 0.2) is 48.5 Å². The summed E-state index contributed by atoms with van der Waals surface area (Å²) in [6.45, 7) is 0. The molecule has 0 atom stereocenters. The molecule has 0 saturated heterocycles. The van der Waals surface area contributed by atoms with Crippen LogP contribution < -0.4 is 9.47 Å². The maximum Gasteiger partial charge on any atom is 0.199 e. The zero-order valence-corrected chi connectivity index (χ0v) is 13.8. The molecule has 3 rings (SSSR count). The average molecular weight is 327 g/mol. The topological polar surface area (TPSA) is 52.1 Å². The molecule has 1 aromatic heterocycles. The Bertz CT molecular complexity index is 856. The second-order valence-electron chi connectivity index (χ2n) is 4.95. The van der Waals surface area contributed by atoms with Crippen molar-refractivity contribution in [3.05, 3.63) is 64.7 Å². The van der Waals surface area contributed by atoms with Crippen molar-refractivity contribution < 1.29 is 9.47 Å². The van der Waals surface area contributed by atoms with Crippen molar-refractivity contribution >= 4 is 12.2 Å². The minimum absolute atomic E-state index is 0.563. The SMILES string of the molecule is COc1cccc(Cc2n[nH]c(=S)n2-c2ccccc2)c1OC. The van der Waals surface area contributed by atoms with Crippen LogP contribution >= 0.6 is 12.2 Å². The number of aromatic nitrogens is 3. The van der Waals surface area contributed by atoms with Crippen LogP contribution in [0.4, 0.5) is 0 Å². The molecule has 0 saturated carbocycles. The van der Waals surface area contributed by atoms with Crippen molar-refractivity contribution in [2.45, 2.75) is 6.42 Å². The van der Waals surface area contributed by atoms with Crippen molar-refractivity contribution in [2.24, 2.45) is 0 Å². The summed E-state index contributed by atoms with van der Waals surface area (Å²) in [7, 11) is 3.26. The molecule has 1 N–H and O–H groups in total. The number of nitrogens with zero attached hydrogens (tertiary/aromatic N) is 2. The number of hydrogen-bond acceptors (Lipinski definition) is 4. The largest absolute Gasteiger partial charge is 0.493 e. The Kier molecular flexibility index (Phi) is 4.43. The van der Waals surface area contributed by atoms with E-state index in [4.69, 9.17) is 21.7 Å². The lowest BCUT2D eigenvalue weighted by atomic mass is 10.1. The highest BCUT2D eigenvalue weighted by atomic mass is 32.1. The minimum atomic E-state index is 0.563. The number of nitrogens with one attached hydrogen (secondary N) is 1. The molecule has 118 valence electrons. The predicted octanol–water partition coefficient (Wildman–Crippen LogP) is 3.54. The third-order valence-corrected chi connectivity index (χ3v) is 3.86. The highest BCUT2D eigenvalue weighted by molar-refractivity contribution is 7.71. The van der Waals surface area contributed by atoms with E-state index in [2.05, 4.69) is 10.2 Å². The Morgan fingerprint density at radius 2 is 1.83 bits per heavy atom. The molecule has 0 unspecified atom stereocenters. The van der Waals surface area contributed by atoms with Gasteiger partial charge in [0.05, 0.1) is 14.2 Å². The Labute approximate surface area is 139 Å². The molecule has 0 aliphatic rings. The van der Waals surface area contributed by atoms with E-state index in [-0.39, 0.29) is 0 Å². The highest BCUT2D eigenvalue weighted by Gasteiger charge is 2.14. The third kappa shape index (κ3) is 2.98. The van der Waals surface area contributed by atoms with Gasteiger partial charge in [0.1, 0.15) is 5.82 Å². The van der Waals surface area contributed by atoms with Gasteiger partial charge in [-0.05, 0) is 30.4 Å². The van der Waals surface area contributed by atoms with Crippen LogP contribution in [0.1, 0.15) is 11.4 Å². The summed E-state index contributed by atoms with van der Waals surface area (Å²) in [5.74, 6) is 2.22. The Morgan fingerprint density at radius 1 is 1.04 bits per heavy atom. The van der Waals surface area contributed by atoms with Crippen LogP contribution in [0.3, 0.4) is 0 Å². The van der Waals surface area contributed by atoms with Gasteiger partial charge in [0.25, 0.3) is 0 Å². The van der Waals surface area contributed by atoms with Gasteiger partial charge in [-0.1, -0.05) is 30.3 Å². The normalized spacial score (nSPS) is 10.5. The molecule has 0 aliphatic carbocycles. The van der Waals surface area contributed by atoms with Gasteiger partial charge in [-0.15, -0.1) is 0 Å². The van der Waals surface area contributed by atoms with Gasteiger partial charge in [0, 0.05) is 17.7 Å². The fourth-order valence-corrected chi connectivity index (χ4v) is 2.81. The molecule has 23 heavy (non-hydrogen) atoms. The maximum atomic E-state index is 5.49. The van der Waals surface area contributed by atoms with Gasteiger partial charge in [0.15, 0.2) is 16.3 Å². The van der Waals surface area contributed by atoms with Crippen LogP contribution in [-0.4, -0.2) is 29.0 Å². The highest BCUT2D eigenvalue weighted by Crippen LogP contribution is 2.32. The van der Waals surface area contributed by atoms with E-state index in [1.54, 1.807) is 14.2 Å². The van der Waals surface area contributed by atoms with E-state index >= 15 is 0 Å². The summed E-state index contributed by atoms with van der Waals surface area (Å²) < 4.78 is 13.3. The van der Waals surface area contributed by atoms with Gasteiger partial charge in [-0.3, -0.25) is 9.67 Å². The van der Waals surface area contributed by atoms with Crippen molar-refractivity contribution in [3.63, 3.8) is 0 Å². The number of rotatable bonds is 5. The summed E-state index contributed by atoms with van der Waals surface area (Å²) in [5, 5.41) is 7.23. The first-order chi connectivity index (χ1) is 11.2. The summed E-state index contributed by atoms with van der Waals surface area (Å²) in [6, 6.07) is 15.7. The zero-order valence-electron chi connectivity index (χ0n) is 12.9. The first kappa shape index (κ1) is 15.3. The van der Waals surface area contributed by atoms with E-state index in [1.807, 2.05) is 53.1 Å². The van der Waals surface area contributed by atoms with Gasteiger partial charge >= 0.3 is 0 Å². The summed E-state index contributed by atoms with van der Waals surface area (Å²) in [4.78, 5) is 0. The van der Waals surface area contributed by atoms with E-state index in [0.717, 1.165) is 17.1 Å². The van der Waals surface area contributed by atoms with Gasteiger partial charge in [-0.2, -0.15) is 5.10 Å². The number of aromatic amines is 1. The van der Waals surface area contributed by atoms with Gasteiger partial charge < -0.3 is 9.47 Å². The standard InChI is InChI=1S/C17H17N3O2S/c1-21-14-10-6-7-12(16(14)22-2)11-15-18-19-17(23)20(15)13-8-4-3-5-9-13/h3-10H,11H2,1-2H3,(H,19,23). The maximum absolute atomic E-state index is 5.49. The molecule has 3 aromatic rings. The molecular formula is C17H17N3O2S. The fraction of sp³-hybridized carbons (Fsp3) is 0.176. The van der Waals surface area contributed by atoms with Gasteiger partial charge in [-0.25, -0.2) is 0 Å². The lowest BCUT2D eigenvalue weighted by Gasteiger charge is -2.13. The molecule has 0 amide bonds. The second-order valence-corrected chi connectivity index (χ2v) is 5.33. The molecule has 0 aliphatic heterocycles. The smallest absolute Gasteiger partial charge is 0.199 e. The molecule has 0 radical (unpaired) electrons. The average Bonchev–Trinajstić information content (AvgIpc) is 2.95. The van der Waals surface area contributed by atoms with Crippen LogP contribution in [0.2, 0.25) is 0 Å². The van der Waals surface area contributed by atoms with Crippen molar-refractivity contribution in [2.75, 3.05) is 14.2 Å². The zero-order chi connectivity index (χ0) is 16.2. The molecule has 2 aromatic carbocycles. The summed E-state index contributed by atoms with van der Waals surface area (Å²) in [5.41, 5.74) is 1.96. The number of benzene rings is 2. The number of para-hydroxylation sites is 2. The number of hydrogen-bond donors (Lipinski definition) is 1. The van der Waals surface area contributed by atoms with E-state index in [1.165, 1.54) is 0 Å². The predicted molar refractivity (Wildman–Crippen MR) is 91.1 cm³/mol. The Morgan fingerprint density at radius 3 is 2.52 bits per heavy atom. The lowest BCUT2D eigenvalue weighted by Crippen LogP contribution is -2.04. The summed E-state index contributed by atoms with van der Waals surface area (Å²) >= 11 is 5.37. The third-order valence-electron chi connectivity index (χ3n) is 3.59. The molecule has 6 heteroatoms. The lowest BCUT2D eigenvalue weighted by molar-refractivity contribution is 0.352. The van der Waals surface area contributed by atoms with Crippen LogP contribution in [0.5, 0.6) is 11.5 Å². The fourth-order valence-electron chi connectivity index (χ4n) is 2.55. The molecule has 0 spiro atoms. The molecule has 0 fully saturated rings. The van der Waals surface area contributed by atoms with Crippen LogP contribution in [0, 0.1) is 4.77 Å². The monoisotopic (exact) mass is 327 g/mol. The quantitative estimate of drug-likeness (QED) is 0.728. The van der Waals surface area contributed by atoms with E-state index < -0.39 is 0 Å². The second kappa shape index (κ2) is 6.66. The van der Waals surface area contributed by atoms with Crippen molar-refractivity contribution in [1.29, 1.82) is 0 Å². The first-order valence-corrected chi connectivity index (χ1v) is 7.57. The van der Waals surface area contributed by atoms with E-state index in [0.29, 0.717) is 22.7 Å². The van der Waals surface area contributed by atoms with Crippen LogP contribution in [0.25, 0.3) is 5.69 Å². The van der Waals surface area contributed by atoms with E-state index in [9.17, 15) is 0 Å². The molecule has 1 heterocycles. The summed E-state index contributed by atoms with van der Waals surface area (Å²) in [6.07, 6.45) is 0.572. The first-order valence-electron chi connectivity index (χ1n) is 7.16.